The zero-order chi connectivity index (χ0) is 20.9. The number of hydrogen-bond acceptors (Lipinski definition) is 7. The Labute approximate surface area is 169 Å². The van der Waals surface area contributed by atoms with Gasteiger partial charge in [-0.3, -0.25) is 14.9 Å². The van der Waals surface area contributed by atoms with Gasteiger partial charge in [-0.25, -0.2) is 8.42 Å². The first-order valence-electron chi connectivity index (χ1n) is 9.66. The number of nitro benzene ring substituents is 1. The molecular formula is C18H25N3O7S. The number of nitro groups is 1. The molecule has 1 aromatic carbocycles. The van der Waals surface area contributed by atoms with E-state index in [0.29, 0.717) is 13.1 Å². The van der Waals surface area contributed by atoms with Crippen LogP contribution in [0.25, 0.3) is 0 Å². The molecule has 3 rings (SSSR count). The molecule has 0 spiro atoms. The number of nitrogens with zero attached hydrogens (tertiary/aromatic N) is 3. The smallest absolute Gasteiger partial charge is 0.312 e. The third-order valence-corrected chi connectivity index (χ3v) is 6.94. The molecule has 1 aromatic rings. The van der Waals surface area contributed by atoms with Crippen LogP contribution in [0.5, 0.6) is 5.75 Å². The molecule has 0 radical (unpaired) electrons. The van der Waals surface area contributed by atoms with Crippen molar-refractivity contribution in [2.75, 3.05) is 46.0 Å². The topological polar surface area (TPSA) is 119 Å². The summed E-state index contributed by atoms with van der Waals surface area (Å²) < 4.78 is 37.2. The highest BCUT2D eigenvalue weighted by Gasteiger charge is 2.29. The van der Waals surface area contributed by atoms with Gasteiger partial charge in [-0.15, -0.1) is 0 Å². The molecule has 11 heteroatoms. The number of rotatable bonds is 6. The van der Waals surface area contributed by atoms with Gasteiger partial charge in [0.05, 0.1) is 23.0 Å². The van der Waals surface area contributed by atoms with Gasteiger partial charge in [-0.2, -0.15) is 4.31 Å². The molecule has 160 valence electrons. The van der Waals surface area contributed by atoms with E-state index in [9.17, 15) is 23.3 Å². The highest BCUT2D eigenvalue weighted by atomic mass is 32.2. The second kappa shape index (κ2) is 9.51. The van der Waals surface area contributed by atoms with Gasteiger partial charge < -0.3 is 14.4 Å². The second-order valence-corrected chi connectivity index (χ2v) is 8.92. The Morgan fingerprint density at radius 2 is 1.76 bits per heavy atom. The third-order valence-electron chi connectivity index (χ3n) is 5.04. The first-order chi connectivity index (χ1) is 13.9. The van der Waals surface area contributed by atoms with Crippen LogP contribution < -0.4 is 4.74 Å². The summed E-state index contributed by atoms with van der Waals surface area (Å²) in [5, 5.41) is 11.5. The minimum Gasteiger partial charge on any atom is -0.477 e. The van der Waals surface area contributed by atoms with Crippen LogP contribution in [0.2, 0.25) is 0 Å². The molecule has 2 aliphatic rings. The number of hydrogen-bond donors (Lipinski definition) is 0. The van der Waals surface area contributed by atoms with Crippen molar-refractivity contribution in [3.63, 3.8) is 0 Å². The second-order valence-electron chi connectivity index (χ2n) is 6.99. The molecule has 0 bridgehead atoms. The van der Waals surface area contributed by atoms with Gasteiger partial charge in [0.25, 0.3) is 5.91 Å². The number of carbonyl (C=O) groups excluding carboxylic acids is 1. The summed E-state index contributed by atoms with van der Waals surface area (Å²) in [5.41, 5.74) is -0.483. The number of ether oxygens (including phenoxy) is 2. The van der Waals surface area contributed by atoms with Crippen molar-refractivity contribution in [2.24, 2.45) is 0 Å². The molecule has 2 fully saturated rings. The molecule has 0 unspecified atom stereocenters. The van der Waals surface area contributed by atoms with Crippen molar-refractivity contribution in [3.8, 4) is 5.75 Å². The maximum atomic E-state index is 12.7. The Hall–Kier alpha value is -2.24. The lowest BCUT2D eigenvalue weighted by molar-refractivity contribution is -0.386. The molecule has 2 aliphatic heterocycles. The summed E-state index contributed by atoms with van der Waals surface area (Å²) in [7, 11) is -3.87. The summed E-state index contributed by atoms with van der Waals surface area (Å²) in [6.07, 6.45) is 4.02. The van der Waals surface area contributed by atoms with Gasteiger partial charge in [-0.05, 0) is 25.0 Å². The summed E-state index contributed by atoms with van der Waals surface area (Å²) in [4.78, 5) is 24.6. The van der Waals surface area contributed by atoms with E-state index in [1.165, 1.54) is 16.4 Å². The highest BCUT2D eigenvalue weighted by molar-refractivity contribution is 7.89. The van der Waals surface area contributed by atoms with Crippen LogP contribution in [0, 0.1) is 10.1 Å². The minimum absolute atomic E-state index is 0.126. The highest BCUT2D eigenvalue weighted by Crippen LogP contribution is 2.31. The molecule has 0 aromatic heterocycles. The first-order valence-corrected chi connectivity index (χ1v) is 11.1. The predicted molar refractivity (Wildman–Crippen MR) is 103 cm³/mol. The Bertz CT molecular complexity index is 845. The van der Waals surface area contributed by atoms with Crippen LogP contribution in [0.15, 0.2) is 23.1 Å². The van der Waals surface area contributed by atoms with Gasteiger partial charge in [0.1, 0.15) is 0 Å². The predicted octanol–water partition coefficient (Wildman–Crippen LogP) is 1.40. The molecule has 29 heavy (non-hydrogen) atoms. The molecule has 2 saturated heterocycles. The van der Waals surface area contributed by atoms with E-state index in [1.54, 1.807) is 4.90 Å². The number of likely N-dealkylation sites (tertiary alicyclic amines) is 1. The fourth-order valence-corrected chi connectivity index (χ4v) is 4.84. The van der Waals surface area contributed by atoms with Crippen molar-refractivity contribution in [2.45, 2.75) is 30.6 Å². The van der Waals surface area contributed by atoms with Crippen LogP contribution in [-0.4, -0.2) is 74.5 Å². The molecule has 1 amide bonds. The monoisotopic (exact) mass is 427 g/mol. The van der Waals surface area contributed by atoms with Crippen LogP contribution >= 0.6 is 0 Å². The SMILES string of the molecule is O=C(COc1ccc(S(=O)(=O)N2CCOCC2)cc1[N+](=O)[O-])N1CCCCCC1. The molecule has 0 atom stereocenters. The van der Waals surface area contributed by atoms with Crippen LogP contribution in [0.4, 0.5) is 5.69 Å². The number of morpholine rings is 1. The molecule has 0 aliphatic carbocycles. The average Bonchev–Trinajstić information content (AvgIpc) is 3.02. The molecular weight excluding hydrogens is 402 g/mol. The van der Waals surface area contributed by atoms with E-state index >= 15 is 0 Å². The number of carbonyl (C=O) groups is 1. The minimum atomic E-state index is -3.87. The van der Waals surface area contributed by atoms with E-state index < -0.39 is 20.6 Å². The Morgan fingerprint density at radius 3 is 2.38 bits per heavy atom. The maximum absolute atomic E-state index is 12.7. The lowest BCUT2D eigenvalue weighted by Crippen LogP contribution is -2.40. The average molecular weight is 427 g/mol. The van der Waals surface area contributed by atoms with Crippen molar-refractivity contribution >= 4 is 21.6 Å². The van der Waals surface area contributed by atoms with Gasteiger partial charge in [0.2, 0.25) is 10.0 Å². The van der Waals surface area contributed by atoms with Crippen LogP contribution in [0.3, 0.4) is 0 Å². The van der Waals surface area contributed by atoms with Gasteiger partial charge >= 0.3 is 5.69 Å². The zero-order valence-electron chi connectivity index (χ0n) is 16.1. The third kappa shape index (κ3) is 5.22. The quantitative estimate of drug-likeness (QED) is 0.497. The summed E-state index contributed by atoms with van der Waals surface area (Å²) in [6, 6.07) is 3.49. The number of benzene rings is 1. The van der Waals surface area contributed by atoms with Crippen LogP contribution in [0.1, 0.15) is 25.7 Å². The van der Waals surface area contributed by atoms with Crippen molar-refractivity contribution in [1.82, 2.24) is 9.21 Å². The number of amides is 1. The lowest BCUT2D eigenvalue weighted by atomic mass is 10.2. The van der Waals surface area contributed by atoms with E-state index in [2.05, 4.69) is 0 Å². The van der Waals surface area contributed by atoms with E-state index in [-0.39, 0.29) is 49.5 Å². The van der Waals surface area contributed by atoms with E-state index in [4.69, 9.17) is 9.47 Å². The van der Waals surface area contributed by atoms with Crippen LogP contribution in [-0.2, 0) is 19.6 Å². The lowest BCUT2D eigenvalue weighted by Gasteiger charge is -2.26. The van der Waals surface area contributed by atoms with Gasteiger partial charge in [0, 0.05) is 32.2 Å². The molecule has 0 N–H and O–H groups in total. The molecule has 0 saturated carbocycles. The molecule has 10 nitrogen and oxygen atoms in total. The summed E-state index contributed by atoms with van der Waals surface area (Å²) in [5.74, 6) is -0.356. The van der Waals surface area contributed by atoms with Crippen molar-refractivity contribution in [1.29, 1.82) is 0 Å². The fraction of sp³-hybridized carbons (Fsp3) is 0.611. The van der Waals surface area contributed by atoms with E-state index in [0.717, 1.165) is 31.7 Å². The normalized spacial score (nSPS) is 18.8. The standard InChI is InChI=1S/C18H25N3O7S/c22-18(19-7-3-1-2-4-8-19)14-28-17-6-5-15(13-16(17)21(23)24)29(25,26)20-9-11-27-12-10-20/h5-6,13H,1-4,7-12,14H2. The van der Waals surface area contributed by atoms with Gasteiger partial charge in [-0.1, -0.05) is 12.8 Å². The van der Waals surface area contributed by atoms with Crippen molar-refractivity contribution < 1.29 is 27.6 Å². The van der Waals surface area contributed by atoms with Crippen molar-refractivity contribution in [3.05, 3.63) is 28.3 Å². The summed E-state index contributed by atoms with van der Waals surface area (Å²) >= 11 is 0. The Kier molecular flexibility index (Phi) is 7.04. The Morgan fingerprint density at radius 1 is 1.10 bits per heavy atom. The largest absolute Gasteiger partial charge is 0.477 e. The number of sulfonamides is 1. The maximum Gasteiger partial charge on any atom is 0.312 e. The summed E-state index contributed by atoms with van der Waals surface area (Å²) in [6.45, 7) is 1.93. The zero-order valence-corrected chi connectivity index (χ0v) is 16.9. The Balaban J connectivity index is 1.74. The van der Waals surface area contributed by atoms with Gasteiger partial charge in [0.15, 0.2) is 12.4 Å². The fourth-order valence-electron chi connectivity index (χ4n) is 3.41. The first kappa shape index (κ1) is 21.5. The molecule has 2 heterocycles. The van der Waals surface area contributed by atoms with E-state index in [1.807, 2.05) is 0 Å².